The molecule has 1 unspecified atom stereocenters. The molecule has 7 nitrogen and oxygen atoms in total. The Bertz CT molecular complexity index is 947. The fourth-order valence-electron chi connectivity index (χ4n) is 3.03. The van der Waals surface area contributed by atoms with Crippen LogP contribution in [-0.2, 0) is 0 Å². The van der Waals surface area contributed by atoms with Gasteiger partial charge in [0.15, 0.2) is 0 Å². The Morgan fingerprint density at radius 3 is 2.75 bits per heavy atom. The number of aromatic amines is 1. The molecule has 0 fully saturated rings. The fourth-order valence-corrected chi connectivity index (χ4v) is 3.03. The average Bonchev–Trinajstić information content (AvgIpc) is 2.98. The molecule has 4 N–H and O–H groups in total. The van der Waals surface area contributed by atoms with Crippen molar-refractivity contribution in [1.29, 1.82) is 0 Å². The molecule has 0 bridgehead atoms. The van der Waals surface area contributed by atoms with Gasteiger partial charge in [-0.1, -0.05) is 12.1 Å². The minimum absolute atomic E-state index is 0.335. The monoisotopic (exact) mass is 324 g/mol. The predicted octanol–water partition coefficient (Wildman–Crippen LogP) is 1.76. The highest BCUT2D eigenvalue weighted by Crippen LogP contribution is 2.32. The molecule has 7 heteroatoms. The highest BCUT2D eigenvalue weighted by atomic mass is 16.5. The molecule has 0 radical (unpaired) electrons. The lowest BCUT2D eigenvalue weighted by Crippen LogP contribution is -2.48. The second-order valence-electron chi connectivity index (χ2n) is 5.48. The van der Waals surface area contributed by atoms with Crippen LogP contribution in [0.1, 0.15) is 11.7 Å². The molecule has 1 atom stereocenters. The highest BCUT2D eigenvalue weighted by molar-refractivity contribution is 5.92. The number of ether oxygens (including phenoxy) is 2. The molecule has 1 aromatic heterocycles. The first kappa shape index (κ1) is 14.4. The van der Waals surface area contributed by atoms with Crippen LogP contribution in [0.4, 0.5) is 5.95 Å². The van der Waals surface area contributed by atoms with Gasteiger partial charge in [-0.3, -0.25) is 0 Å². The van der Waals surface area contributed by atoms with Crippen molar-refractivity contribution in [2.75, 3.05) is 19.5 Å². The predicted molar refractivity (Wildman–Crippen MR) is 91.4 cm³/mol. The second-order valence-corrected chi connectivity index (χ2v) is 5.48. The van der Waals surface area contributed by atoms with Crippen molar-refractivity contribution in [3.05, 3.63) is 48.0 Å². The Kier molecular flexibility index (Phi) is 3.26. The first-order valence-electron chi connectivity index (χ1n) is 7.55. The lowest BCUT2D eigenvalue weighted by atomic mass is 10.1. The van der Waals surface area contributed by atoms with Crippen LogP contribution in [0.15, 0.2) is 47.5 Å². The van der Waals surface area contributed by atoms with Gasteiger partial charge in [-0.15, -0.1) is 0 Å². The van der Waals surface area contributed by atoms with Crippen LogP contribution in [-0.4, -0.2) is 25.2 Å². The van der Waals surface area contributed by atoms with E-state index in [2.05, 4.69) is 19.9 Å². The van der Waals surface area contributed by atoms with Crippen molar-refractivity contribution < 1.29 is 14.0 Å². The molecular weight excluding hydrogens is 306 g/mol. The van der Waals surface area contributed by atoms with E-state index >= 15 is 0 Å². The molecule has 1 aliphatic heterocycles. The SMILES string of the molecule is COc1ccc(C2N=C(N)Nc3[nH]c4ccccc4[n+]32)c(OC)c1. The van der Waals surface area contributed by atoms with Gasteiger partial charge in [-0.2, -0.15) is 4.99 Å². The van der Waals surface area contributed by atoms with E-state index < -0.39 is 0 Å². The first-order chi connectivity index (χ1) is 11.7. The zero-order valence-electron chi connectivity index (χ0n) is 13.4. The standard InChI is InChI=1S/C17H17N5O2/c1-23-10-7-8-11(14(9-10)24-2)15-20-16(18)21-17-19-12-5-3-4-6-13(12)22(15)17/h3-9,15H,1-2H3,(H3,18,19,20,21)/p+1. The summed E-state index contributed by atoms with van der Waals surface area (Å²) < 4.78 is 12.9. The molecule has 0 amide bonds. The summed E-state index contributed by atoms with van der Waals surface area (Å²) in [6, 6.07) is 13.7. The van der Waals surface area contributed by atoms with Crippen LogP contribution in [0.2, 0.25) is 0 Å². The smallest absolute Gasteiger partial charge is 0.365 e. The molecule has 0 saturated carbocycles. The number of rotatable bonds is 3. The van der Waals surface area contributed by atoms with Gasteiger partial charge in [-0.25, -0.2) is 14.9 Å². The second kappa shape index (κ2) is 5.45. The van der Waals surface area contributed by atoms with Crippen molar-refractivity contribution in [2.24, 2.45) is 10.7 Å². The Labute approximate surface area is 138 Å². The summed E-state index contributed by atoms with van der Waals surface area (Å²) in [6.45, 7) is 0. The van der Waals surface area contributed by atoms with Gasteiger partial charge in [-0.05, 0) is 24.3 Å². The number of anilines is 1. The molecule has 3 aromatic rings. The van der Waals surface area contributed by atoms with Crippen LogP contribution in [0.3, 0.4) is 0 Å². The lowest BCUT2D eigenvalue weighted by molar-refractivity contribution is -0.674. The summed E-state index contributed by atoms with van der Waals surface area (Å²) in [6.07, 6.45) is -0.335. The number of benzene rings is 2. The van der Waals surface area contributed by atoms with E-state index in [0.29, 0.717) is 11.7 Å². The first-order valence-corrected chi connectivity index (χ1v) is 7.55. The maximum Gasteiger partial charge on any atom is 0.365 e. The summed E-state index contributed by atoms with van der Waals surface area (Å²) in [7, 11) is 3.26. The number of guanidine groups is 1. The summed E-state index contributed by atoms with van der Waals surface area (Å²) in [5.41, 5.74) is 8.92. The number of nitrogens with two attached hydrogens (primary N) is 1. The zero-order chi connectivity index (χ0) is 16.7. The zero-order valence-corrected chi connectivity index (χ0v) is 13.4. The molecule has 2 aromatic carbocycles. The number of aliphatic imine (C=N–C) groups is 1. The van der Waals surface area contributed by atoms with Crippen LogP contribution in [0.5, 0.6) is 11.5 Å². The van der Waals surface area contributed by atoms with Crippen LogP contribution >= 0.6 is 0 Å². The van der Waals surface area contributed by atoms with Crippen LogP contribution < -0.4 is 25.1 Å². The molecule has 24 heavy (non-hydrogen) atoms. The normalized spacial score (nSPS) is 16.2. The van der Waals surface area contributed by atoms with Gasteiger partial charge in [0, 0.05) is 6.07 Å². The van der Waals surface area contributed by atoms with Gasteiger partial charge in [0.1, 0.15) is 22.5 Å². The number of imidazole rings is 1. The Hall–Kier alpha value is -3.22. The van der Waals surface area contributed by atoms with Crippen molar-refractivity contribution in [3.8, 4) is 11.5 Å². The number of para-hydroxylation sites is 2. The van der Waals surface area contributed by atoms with Crippen molar-refractivity contribution >= 4 is 22.9 Å². The van der Waals surface area contributed by atoms with Crippen molar-refractivity contribution in [3.63, 3.8) is 0 Å². The molecular formula is C17H18N5O2+. The lowest BCUT2D eigenvalue weighted by Gasteiger charge is -2.20. The van der Waals surface area contributed by atoms with Gasteiger partial charge < -0.3 is 15.2 Å². The number of methoxy groups -OCH3 is 2. The topological polar surface area (TPSA) is 88.5 Å². The van der Waals surface area contributed by atoms with E-state index in [0.717, 1.165) is 28.3 Å². The quantitative estimate of drug-likeness (QED) is 0.641. The maximum absolute atomic E-state index is 5.99. The van der Waals surface area contributed by atoms with E-state index in [-0.39, 0.29) is 6.17 Å². The van der Waals surface area contributed by atoms with E-state index in [4.69, 9.17) is 15.2 Å². The molecule has 1 aliphatic rings. The number of H-pyrrole nitrogens is 1. The summed E-state index contributed by atoms with van der Waals surface area (Å²) >= 11 is 0. The molecule has 122 valence electrons. The minimum atomic E-state index is -0.335. The largest absolute Gasteiger partial charge is 0.497 e. The molecule has 4 rings (SSSR count). The summed E-state index contributed by atoms with van der Waals surface area (Å²) in [4.78, 5) is 7.92. The molecule has 2 heterocycles. The third-order valence-electron chi connectivity index (χ3n) is 4.13. The molecule has 0 saturated heterocycles. The van der Waals surface area contributed by atoms with E-state index in [1.807, 2.05) is 42.5 Å². The van der Waals surface area contributed by atoms with Gasteiger partial charge in [0.05, 0.1) is 19.8 Å². The number of nitrogens with zero attached hydrogens (tertiary/aromatic N) is 2. The summed E-state index contributed by atoms with van der Waals surface area (Å²) in [5, 5.41) is 3.08. The van der Waals surface area contributed by atoms with Crippen LogP contribution in [0.25, 0.3) is 11.0 Å². The van der Waals surface area contributed by atoms with Gasteiger partial charge in [0.25, 0.3) is 5.96 Å². The molecule has 0 spiro atoms. The van der Waals surface area contributed by atoms with Gasteiger partial charge in [0.2, 0.25) is 6.17 Å². The molecule has 0 aliphatic carbocycles. The third-order valence-corrected chi connectivity index (χ3v) is 4.13. The van der Waals surface area contributed by atoms with Crippen molar-refractivity contribution in [2.45, 2.75) is 6.17 Å². The highest BCUT2D eigenvalue weighted by Gasteiger charge is 2.32. The number of hydrogen-bond acceptors (Lipinski definition) is 5. The minimum Gasteiger partial charge on any atom is -0.497 e. The van der Waals surface area contributed by atoms with Crippen LogP contribution in [0, 0.1) is 0 Å². The van der Waals surface area contributed by atoms with Gasteiger partial charge >= 0.3 is 5.95 Å². The fraction of sp³-hybridized carbons (Fsp3) is 0.176. The number of nitrogens with one attached hydrogen (secondary N) is 2. The summed E-state index contributed by atoms with van der Waals surface area (Å²) in [5.74, 6) is 2.56. The Balaban J connectivity index is 1.94. The van der Waals surface area contributed by atoms with E-state index in [9.17, 15) is 0 Å². The number of hydrogen-bond donors (Lipinski definition) is 3. The Morgan fingerprint density at radius 2 is 1.96 bits per heavy atom. The number of fused-ring (bicyclic) bond motifs is 3. The van der Waals surface area contributed by atoms with E-state index in [1.165, 1.54) is 0 Å². The van der Waals surface area contributed by atoms with Crippen molar-refractivity contribution in [1.82, 2.24) is 4.98 Å². The maximum atomic E-state index is 5.99. The number of aromatic nitrogens is 2. The average molecular weight is 324 g/mol. The van der Waals surface area contributed by atoms with E-state index in [1.54, 1.807) is 14.2 Å². The Morgan fingerprint density at radius 1 is 1.12 bits per heavy atom. The third kappa shape index (κ3) is 2.13.